The first-order valence-electron chi connectivity index (χ1n) is 10.8. The van der Waals surface area contributed by atoms with Gasteiger partial charge in [-0.25, -0.2) is 4.79 Å². The van der Waals surface area contributed by atoms with E-state index in [1.807, 2.05) is 13.1 Å². The summed E-state index contributed by atoms with van der Waals surface area (Å²) in [5.74, 6) is -1.21. The Morgan fingerprint density at radius 1 is 1.06 bits per heavy atom. The van der Waals surface area contributed by atoms with Crippen molar-refractivity contribution >= 4 is 26.1 Å². The minimum Gasteiger partial charge on any atom is -0.458 e. The summed E-state index contributed by atoms with van der Waals surface area (Å²) in [6.45, 7) is 15.7. The van der Waals surface area contributed by atoms with Gasteiger partial charge in [0, 0.05) is 6.54 Å². The SMILES string of the molecule is CC(C)(C)OC(=O)C(O[Si](C)(C)C(C)(C)C)[C@@H](N)/C=C\CN1C(=O)c2ccccc2C1=O. The molecule has 1 aromatic rings. The zero-order valence-electron chi connectivity index (χ0n) is 20.4. The van der Waals surface area contributed by atoms with Crippen LogP contribution in [0, 0.1) is 0 Å². The first-order chi connectivity index (χ1) is 14.5. The zero-order valence-corrected chi connectivity index (χ0v) is 21.4. The first-order valence-corrected chi connectivity index (χ1v) is 13.7. The molecule has 1 aromatic carbocycles. The number of nitrogens with zero attached hydrogens (tertiary/aromatic N) is 1. The molecule has 176 valence electrons. The molecular formula is C24H36N2O5Si. The topological polar surface area (TPSA) is 98.9 Å². The maximum atomic E-state index is 12.9. The molecule has 1 aliphatic rings. The molecule has 32 heavy (non-hydrogen) atoms. The Balaban J connectivity index is 2.18. The van der Waals surface area contributed by atoms with E-state index in [-0.39, 0.29) is 23.4 Å². The quantitative estimate of drug-likeness (QED) is 0.287. The molecule has 0 aromatic heterocycles. The number of carbonyl (C=O) groups excluding carboxylic acids is 3. The molecule has 2 amide bonds. The third-order valence-corrected chi connectivity index (χ3v) is 10.2. The lowest BCUT2D eigenvalue weighted by Crippen LogP contribution is -2.53. The second-order valence-corrected chi connectivity index (χ2v) is 15.4. The number of ether oxygens (including phenoxy) is 1. The Bertz CT molecular complexity index is 877. The van der Waals surface area contributed by atoms with Crippen LogP contribution in [0.2, 0.25) is 18.1 Å². The van der Waals surface area contributed by atoms with Gasteiger partial charge in [-0.15, -0.1) is 0 Å². The van der Waals surface area contributed by atoms with Crippen LogP contribution in [0.3, 0.4) is 0 Å². The summed E-state index contributed by atoms with van der Waals surface area (Å²) in [5.41, 5.74) is 6.45. The van der Waals surface area contributed by atoms with Crippen LogP contribution in [0.4, 0.5) is 0 Å². The van der Waals surface area contributed by atoms with Crippen molar-refractivity contribution in [1.82, 2.24) is 4.90 Å². The molecule has 7 nitrogen and oxygen atoms in total. The predicted molar refractivity (Wildman–Crippen MR) is 127 cm³/mol. The summed E-state index contributed by atoms with van der Waals surface area (Å²) in [4.78, 5) is 39.1. The van der Waals surface area contributed by atoms with Gasteiger partial charge in [-0.05, 0) is 51.0 Å². The fourth-order valence-electron chi connectivity index (χ4n) is 2.97. The van der Waals surface area contributed by atoms with Crippen LogP contribution in [0.25, 0.3) is 0 Å². The van der Waals surface area contributed by atoms with Crippen molar-refractivity contribution in [2.75, 3.05) is 6.54 Å². The summed E-state index contributed by atoms with van der Waals surface area (Å²) >= 11 is 0. The van der Waals surface area contributed by atoms with Crippen molar-refractivity contribution in [2.45, 2.75) is 77.4 Å². The van der Waals surface area contributed by atoms with Crippen molar-refractivity contribution in [3.8, 4) is 0 Å². The van der Waals surface area contributed by atoms with Crippen molar-refractivity contribution in [3.05, 3.63) is 47.5 Å². The van der Waals surface area contributed by atoms with Gasteiger partial charge in [-0.1, -0.05) is 45.1 Å². The van der Waals surface area contributed by atoms with E-state index < -0.39 is 32.0 Å². The number of rotatable bonds is 7. The minimum atomic E-state index is -2.33. The zero-order chi connectivity index (χ0) is 24.5. The van der Waals surface area contributed by atoms with E-state index >= 15 is 0 Å². The van der Waals surface area contributed by atoms with E-state index in [2.05, 4.69) is 20.8 Å². The second-order valence-electron chi connectivity index (χ2n) is 10.6. The highest BCUT2D eigenvalue weighted by atomic mass is 28.4. The summed E-state index contributed by atoms with van der Waals surface area (Å²) in [5, 5.41) is -0.128. The third-order valence-electron chi connectivity index (χ3n) is 5.74. The van der Waals surface area contributed by atoms with Crippen LogP contribution in [-0.4, -0.2) is 55.3 Å². The molecule has 0 fully saturated rings. The van der Waals surface area contributed by atoms with Gasteiger partial charge in [0.25, 0.3) is 11.8 Å². The van der Waals surface area contributed by atoms with Crippen LogP contribution >= 0.6 is 0 Å². The molecule has 0 saturated carbocycles. The Hall–Kier alpha value is -2.29. The number of fused-ring (bicyclic) bond motifs is 1. The molecule has 0 saturated heterocycles. The van der Waals surface area contributed by atoms with E-state index in [4.69, 9.17) is 14.9 Å². The lowest BCUT2D eigenvalue weighted by molar-refractivity contribution is -0.164. The van der Waals surface area contributed by atoms with E-state index in [9.17, 15) is 14.4 Å². The van der Waals surface area contributed by atoms with Gasteiger partial charge in [0.15, 0.2) is 14.4 Å². The maximum absolute atomic E-state index is 12.9. The van der Waals surface area contributed by atoms with Gasteiger partial charge in [-0.2, -0.15) is 0 Å². The van der Waals surface area contributed by atoms with E-state index in [1.54, 1.807) is 57.2 Å². The fourth-order valence-corrected chi connectivity index (χ4v) is 4.21. The third kappa shape index (κ3) is 5.93. The average Bonchev–Trinajstić information content (AvgIpc) is 2.89. The Kier molecular flexibility index (Phi) is 7.54. The van der Waals surface area contributed by atoms with Crippen LogP contribution in [0.1, 0.15) is 62.3 Å². The van der Waals surface area contributed by atoms with E-state index in [1.165, 1.54) is 0 Å². The molecule has 0 spiro atoms. The molecule has 8 heteroatoms. The van der Waals surface area contributed by atoms with Gasteiger partial charge in [0.1, 0.15) is 5.60 Å². The standard InChI is InChI=1S/C24H36N2O5Si/c1-23(2,3)30-22(29)19(31-32(7,8)24(4,5)6)18(25)14-11-15-26-20(27)16-12-9-10-13-17(16)21(26)28/h9-14,18-19H,15,25H2,1-8H3/b14-11-/t18-,19?/m0/s1. The molecule has 2 N–H and O–H groups in total. The molecule has 1 heterocycles. The Labute approximate surface area is 192 Å². The smallest absolute Gasteiger partial charge is 0.336 e. The van der Waals surface area contributed by atoms with Crippen molar-refractivity contribution < 1.29 is 23.5 Å². The Morgan fingerprint density at radius 2 is 1.56 bits per heavy atom. The number of hydrogen-bond donors (Lipinski definition) is 1. The van der Waals surface area contributed by atoms with Crippen LogP contribution in [0.15, 0.2) is 36.4 Å². The van der Waals surface area contributed by atoms with Gasteiger partial charge in [0.05, 0.1) is 17.2 Å². The molecule has 1 unspecified atom stereocenters. The normalized spacial score (nSPS) is 17.0. The number of imide groups is 1. The highest BCUT2D eigenvalue weighted by Crippen LogP contribution is 2.38. The van der Waals surface area contributed by atoms with Gasteiger partial charge in [-0.3, -0.25) is 14.5 Å². The highest BCUT2D eigenvalue weighted by molar-refractivity contribution is 6.74. The minimum absolute atomic E-state index is 0.0567. The predicted octanol–water partition coefficient (Wildman–Crippen LogP) is 3.90. The molecule has 0 aliphatic carbocycles. The Morgan fingerprint density at radius 3 is 2.00 bits per heavy atom. The van der Waals surface area contributed by atoms with Crippen LogP contribution in [0.5, 0.6) is 0 Å². The van der Waals surface area contributed by atoms with Crippen LogP contribution in [-0.2, 0) is 14.0 Å². The summed E-state index contributed by atoms with van der Waals surface area (Å²) < 4.78 is 11.9. The molecule has 0 bridgehead atoms. The summed E-state index contributed by atoms with van der Waals surface area (Å²) in [6.07, 6.45) is 2.23. The van der Waals surface area contributed by atoms with Crippen molar-refractivity contribution in [2.24, 2.45) is 5.73 Å². The number of amides is 2. The molecule has 2 atom stereocenters. The van der Waals surface area contributed by atoms with Crippen molar-refractivity contribution in [1.29, 1.82) is 0 Å². The number of hydrogen-bond acceptors (Lipinski definition) is 6. The number of esters is 1. The number of carbonyl (C=O) groups is 3. The molecule has 0 radical (unpaired) electrons. The maximum Gasteiger partial charge on any atom is 0.336 e. The first kappa shape index (κ1) is 26.0. The molecular weight excluding hydrogens is 424 g/mol. The summed E-state index contributed by atoms with van der Waals surface area (Å²) in [6, 6.07) is 5.92. The molecule has 1 aliphatic heterocycles. The number of benzene rings is 1. The van der Waals surface area contributed by atoms with Gasteiger partial charge < -0.3 is 14.9 Å². The average molecular weight is 461 g/mol. The fraction of sp³-hybridized carbons (Fsp3) is 0.542. The number of nitrogens with two attached hydrogens (primary N) is 1. The largest absolute Gasteiger partial charge is 0.458 e. The lowest BCUT2D eigenvalue weighted by atomic mass is 10.1. The summed E-state index contributed by atoms with van der Waals surface area (Å²) in [7, 11) is -2.33. The lowest BCUT2D eigenvalue weighted by Gasteiger charge is -2.40. The van der Waals surface area contributed by atoms with Crippen LogP contribution < -0.4 is 5.73 Å². The second kappa shape index (κ2) is 9.29. The molecule has 2 rings (SSSR count). The van der Waals surface area contributed by atoms with Gasteiger partial charge >= 0.3 is 5.97 Å². The van der Waals surface area contributed by atoms with E-state index in [0.29, 0.717) is 11.1 Å². The highest BCUT2D eigenvalue weighted by Gasteiger charge is 2.43. The van der Waals surface area contributed by atoms with Gasteiger partial charge in [0.2, 0.25) is 0 Å². The van der Waals surface area contributed by atoms with Crippen molar-refractivity contribution in [3.63, 3.8) is 0 Å². The monoisotopic (exact) mass is 460 g/mol. The van der Waals surface area contributed by atoms with E-state index in [0.717, 1.165) is 4.90 Å².